The lowest BCUT2D eigenvalue weighted by molar-refractivity contribution is 0.188. The first kappa shape index (κ1) is 10.8. The smallest absolute Gasteiger partial charge is 0.00726 e. The molecular formula is C11H22N2S. The van der Waals surface area contributed by atoms with Gasteiger partial charge in [0, 0.05) is 24.1 Å². The predicted molar refractivity (Wildman–Crippen MR) is 63.7 cm³/mol. The fraction of sp³-hybridized carbons (Fsp3) is 1.00. The van der Waals surface area contributed by atoms with Crippen molar-refractivity contribution in [3.05, 3.63) is 0 Å². The molecule has 2 nitrogen and oxygen atoms in total. The van der Waals surface area contributed by atoms with Crippen molar-refractivity contribution in [2.75, 3.05) is 31.9 Å². The molecule has 0 aromatic rings. The molecule has 2 rings (SSSR count). The first-order chi connectivity index (χ1) is 6.88. The van der Waals surface area contributed by atoms with Crippen LogP contribution in [0.25, 0.3) is 0 Å². The minimum absolute atomic E-state index is 0.773. The summed E-state index contributed by atoms with van der Waals surface area (Å²) in [5.41, 5.74) is 5.72. The van der Waals surface area contributed by atoms with Gasteiger partial charge in [-0.05, 0) is 44.7 Å². The topological polar surface area (TPSA) is 29.3 Å². The Balaban J connectivity index is 1.58. The van der Waals surface area contributed by atoms with E-state index in [-0.39, 0.29) is 0 Å². The molecular weight excluding hydrogens is 192 g/mol. The van der Waals surface area contributed by atoms with E-state index in [2.05, 4.69) is 16.7 Å². The number of nitrogens with zero attached hydrogens (tertiary/aromatic N) is 1. The van der Waals surface area contributed by atoms with Crippen molar-refractivity contribution >= 4 is 11.8 Å². The first-order valence-electron chi connectivity index (χ1n) is 5.92. The van der Waals surface area contributed by atoms with E-state index in [9.17, 15) is 0 Å². The summed E-state index contributed by atoms with van der Waals surface area (Å²) in [6, 6.07) is 0. The highest BCUT2D eigenvalue weighted by Gasteiger charge is 2.22. The van der Waals surface area contributed by atoms with Gasteiger partial charge in [-0.3, -0.25) is 0 Å². The molecule has 82 valence electrons. The summed E-state index contributed by atoms with van der Waals surface area (Å²) in [4.78, 5) is 2.61. The molecule has 1 saturated heterocycles. The van der Waals surface area contributed by atoms with Crippen LogP contribution in [0.15, 0.2) is 0 Å². The average molecular weight is 214 g/mol. The maximum absolute atomic E-state index is 5.72. The molecule has 14 heavy (non-hydrogen) atoms. The van der Waals surface area contributed by atoms with E-state index < -0.39 is 0 Å². The van der Waals surface area contributed by atoms with Crippen LogP contribution in [0.5, 0.6) is 0 Å². The molecule has 1 atom stereocenters. The maximum atomic E-state index is 5.72. The van der Waals surface area contributed by atoms with Crippen molar-refractivity contribution in [1.82, 2.24) is 4.90 Å². The van der Waals surface area contributed by atoms with Crippen molar-refractivity contribution in [2.24, 2.45) is 11.7 Å². The van der Waals surface area contributed by atoms with Crippen LogP contribution in [0.3, 0.4) is 0 Å². The highest BCUT2D eigenvalue weighted by molar-refractivity contribution is 8.00. The quantitative estimate of drug-likeness (QED) is 0.753. The van der Waals surface area contributed by atoms with Gasteiger partial charge in [0.25, 0.3) is 0 Å². The second kappa shape index (κ2) is 5.38. The van der Waals surface area contributed by atoms with Crippen LogP contribution in [-0.2, 0) is 0 Å². The Kier molecular flexibility index (Phi) is 4.14. The Morgan fingerprint density at radius 2 is 2.14 bits per heavy atom. The highest BCUT2D eigenvalue weighted by Crippen LogP contribution is 2.33. The van der Waals surface area contributed by atoms with E-state index in [0.717, 1.165) is 17.7 Å². The van der Waals surface area contributed by atoms with Crippen LogP contribution in [-0.4, -0.2) is 42.1 Å². The van der Waals surface area contributed by atoms with Gasteiger partial charge in [-0.1, -0.05) is 0 Å². The van der Waals surface area contributed by atoms with E-state index in [1.807, 2.05) is 0 Å². The lowest BCUT2D eigenvalue weighted by Gasteiger charge is -2.31. The Hall–Kier alpha value is 0.270. The number of thioether (sulfide) groups is 1. The minimum Gasteiger partial charge on any atom is -0.330 e. The molecule has 1 heterocycles. The molecule has 0 aromatic heterocycles. The van der Waals surface area contributed by atoms with Crippen LogP contribution in [0, 0.1) is 5.92 Å². The molecule has 0 radical (unpaired) electrons. The van der Waals surface area contributed by atoms with Crippen molar-refractivity contribution in [2.45, 2.75) is 30.9 Å². The van der Waals surface area contributed by atoms with Gasteiger partial charge in [0.05, 0.1) is 0 Å². The normalized spacial score (nSPS) is 29.4. The molecule has 0 bridgehead atoms. The number of likely N-dealkylation sites (tertiary alicyclic amines) is 1. The summed E-state index contributed by atoms with van der Waals surface area (Å²) >= 11 is 2.17. The first-order valence-corrected chi connectivity index (χ1v) is 6.97. The second-order valence-electron chi connectivity index (χ2n) is 4.61. The maximum Gasteiger partial charge on any atom is 0.00726 e. The predicted octanol–water partition coefficient (Wildman–Crippen LogP) is 1.55. The third-order valence-electron chi connectivity index (χ3n) is 3.22. The molecule has 0 aromatic carbocycles. The molecule has 3 heteroatoms. The largest absolute Gasteiger partial charge is 0.330 e. The molecule has 2 N–H and O–H groups in total. The molecule has 2 aliphatic rings. The van der Waals surface area contributed by atoms with Gasteiger partial charge in [-0.25, -0.2) is 0 Å². The average Bonchev–Trinajstić information content (AvgIpc) is 3.02. The fourth-order valence-corrected chi connectivity index (χ4v) is 3.30. The number of piperidine rings is 1. The Bertz CT molecular complexity index is 171. The zero-order chi connectivity index (χ0) is 9.80. The zero-order valence-electron chi connectivity index (χ0n) is 8.95. The number of hydrogen-bond donors (Lipinski definition) is 1. The lowest BCUT2D eigenvalue weighted by Crippen LogP contribution is -2.39. The minimum atomic E-state index is 0.773. The summed E-state index contributed by atoms with van der Waals surface area (Å²) in [5, 5.41) is 1.02. The molecule has 1 unspecified atom stereocenters. The number of rotatable bonds is 5. The highest BCUT2D eigenvalue weighted by atomic mass is 32.2. The third kappa shape index (κ3) is 3.44. The Morgan fingerprint density at radius 1 is 1.29 bits per heavy atom. The van der Waals surface area contributed by atoms with E-state index in [4.69, 9.17) is 5.73 Å². The number of nitrogens with two attached hydrogens (primary N) is 1. The monoisotopic (exact) mass is 214 g/mol. The summed E-state index contributed by atoms with van der Waals surface area (Å²) in [6.07, 6.45) is 5.64. The fourth-order valence-electron chi connectivity index (χ4n) is 2.13. The zero-order valence-corrected chi connectivity index (χ0v) is 9.77. The second-order valence-corrected chi connectivity index (χ2v) is 6.02. The molecule has 2 fully saturated rings. The van der Waals surface area contributed by atoms with Crippen molar-refractivity contribution in [3.63, 3.8) is 0 Å². The lowest BCUT2D eigenvalue weighted by atomic mass is 9.98. The van der Waals surface area contributed by atoms with Gasteiger partial charge in [0.1, 0.15) is 0 Å². The van der Waals surface area contributed by atoms with Gasteiger partial charge in [-0.2, -0.15) is 11.8 Å². The van der Waals surface area contributed by atoms with Crippen LogP contribution in [0.2, 0.25) is 0 Å². The Morgan fingerprint density at radius 3 is 2.86 bits per heavy atom. The summed E-state index contributed by atoms with van der Waals surface area (Å²) in [5.74, 6) is 2.11. The molecule has 0 spiro atoms. The molecule has 1 saturated carbocycles. The van der Waals surface area contributed by atoms with Crippen LogP contribution in [0.4, 0.5) is 0 Å². The van der Waals surface area contributed by atoms with Crippen LogP contribution < -0.4 is 5.73 Å². The van der Waals surface area contributed by atoms with Gasteiger partial charge in [0.2, 0.25) is 0 Å². The summed E-state index contributed by atoms with van der Waals surface area (Å²) in [7, 11) is 0. The molecule has 1 aliphatic carbocycles. The van der Waals surface area contributed by atoms with E-state index >= 15 is 0 Å². The van der Waals surface area contributed by atoms with Crippen molar-refractivity contribution in [3.8, 4) is 0 Å². The van der Waals surface area contributed by atoms with Gasteiger partial charge >= 0.3 is 0 Å². The van der Waals surface area contributed by atoms with Gasteiger partial charge in [-0.15, -0.1) is 0 Å². The van der Waals surface area contributed by atoms with Gasteiger partial charge in [0.15, 0.2) is 0 Å². The van der Waals surface area contributed by atoms with Crippen LogP contribution >= 0.6 is 11.8 Å². The van der Waals surface area contributed by atoms with Gasteiger partial charge < -0.3 is 10.6 Å². The summed E-state index contributed by atoms with van der Waals surface area (Å²) < 4.78 is 0. The van der Waals surface area contributed by atoms with E-state index in [1.165, 1.54) is 51.1 Å². The van der Waals surface area contributed by atoms with Crippen molar-refractivity contribution < 1.29 is 0 Å². The number of hydrogen-bond acceptors (Lipinski definition) is 3. The third-order valence-corrected chi connectivity index (χ3v) is 4.58. The summed E-state index contributed by atoms with van der Waals surface area (Å²) in [6.45, 7) is 4.73. The SMILES string of the molecule is NCC1CCCN(CCSC2CC2)C1. The standard InChI is InChI=1S/C11H22N2S/c12-8-10-2-1-5-13(9-10)6-7-14-11-3-4-11/h10-11H,1-9,12H2. The molecule has 0 amide bonds. The van der Waals surface area contributed by atoms with E-state index in [1.54, 1.807) is 0 Å². The van der Waals surface area contributed by atoms with Crippen LogP contribution in [0.1, 0.15) is 25.7 Å². The van der Waals surface area contributed by atoms with Crippen molar-refractivity contribution in [1.29, 1.82) is 0 Å². The van der Waals surface area contributed by atoms with E-state index in [0.29, 0.717) is 0 Å². The molecule has 1 aliphatic heterocycles. The Labute approximate surface area is 91.6 Å².